The second kappa shape index (κ2) is 6.27. The van der Waals surface area contributed by atoms with Crippen LogP contribution in [0.5, 0.6) is 0 Å². The van der Waals surface area contributed by atoms with Crippen molar-refractivity contribution in [2.75, 3.05) is 0 Å². The highest BCUT2D eigenvalue weighted by molar-refractivity contribution is 5.30. The molecular weight excluding hydrogens is 307 g/mol. The number of nitrogens with zero attached hydrogens (tertiary/aromatic N) is 4. The zero-order valence-electron chi connectivity index (χ0n) is 12.7. The Balaban J connectivity index is 1.62. The molecule has 1 saturated carbocycles. The summed E-state index contributed by atoms with van der Waals surface area (Å²) in [5.41, 5.74) is 2.45. The summed E-state index contributed by atoms with van der Waals surface area (Å²) in [5, 5.41) is 13.6. The van der Waals surface area contributed by atoms with Gasteiger partial charge in [-0.25, -0.2) is 4.68 Å². The van der Waals surface area contributed by atoms with Crippen molar-refractivity contribution < 1.29 is 13.2 Å². The van der Waals surface area contributed by atoms with E-state index in [-0.39, 0.29) is 18.4 Å². The average Bonchev–Trinajstić information content (AvgIpc) is 3.26. The third-order valence-corrected chi connectivity index (χ3v) is 3.96. The summed E-state index contributed by atoms with van der Waals surface area (Å²) < 4.78 is 38.1. The normalized spacial score (nSPS) is 16.5. The van der Waals surface area contributed by atoms with Crippen LogP contribution in [0.25, 0.3) is 0 Å². The summed E-state index contributed by atoms with van der Waals surface area (Å²) in [6, 6.07) is 8.33. The third-order valence-electron chi connectivity index (χ3n) is 3.96. The van der Waals surface area contributed by atoms with Gasteiger partial charge in [0.15, 0.2) is 5.82 Å². The molecule has 0 amide bonds. The van der Waals surface area contributed by atoms with Crippen molar-refractivity contribution in [3.05, 3.63) is 41.2 Å². The standard InChI is InChI=1S/C15H18F3N5/c1-10(12-3-2-4-13(7-12)11-5-6-11)19-8-14-20-21-22-23(14)9-15(16,17)18/h2-4,7,10-11,19H,5-6,8-9H2,1H3/t10-/m0/s1. The van der Waals surface area contributed by atoms with E-state index >= 15 is 0 Å². The van der Waals surface area contributed by atoms with E-state index in [0.717, 1.165) is 10.2 Å². The molecule has 1 aliphatic rings. The average molecular weight is 325 g/mol. The first-order valence-electron chi connectivity index (χ1n) is 7.57. The number of alkyl halides is 3. The van der Waals surface area contributed by atoms with Crippen LogP contribution in [-0.2, 0) is 13.1 Å². The predicted octanol–water partition coefficient (Wildman–Crippen LogP) is 2.96. The van der Waals surface area contributed by atoms with Crippen molar-refractivity contribution in [1.29, 1.82) is 0 Å². The number of nitrogens with one attached hydrogen (secondary N) is 1. The minimum absolute atomic E-state index is 0.00439. The zero-order valence-corrected chi connectivity index (χ0v) is 12.7. The number of halogens is 3. The molecule has 1 heterocycles. The van der Waals surface area contributed by atoms with E-state index in [1.807, 2.05) is 19.1 Å². The minimum atomic E-state index is -4.34. The van der Waals surface area contributed by atoms with Gasteiger partial charge >= 0.3 is 6.18 Å². The third kappa shape index (κ3) is 4.28. The first kappa shape index (κ1) is 15.9. The SMILES string of the molecule is C[C@H](NCc1nnnn1CC(F)(F)F)c1cccc(C2CC2)c1. The molecule has 8 heteroatoms. The van der Waals surface area contributed by atoms with Crippen molar-refractivity contribution in [2.24, 2.45) is 0 Å². The van der Waals surface area contributed by atoms with Crippen molar-refractivity contribution in [1.82, 2.24) is 25.5 Å². The fraction of sp³-hybridized carbons (Fsp3) is 0.533. The van der Waals surface area contributed by atoms with Gasteiger partial charge in [-0.2, -0.15) is 13.2 Å². The Morgan fingerprint density at radius 1 is 1.35 bits per heavy atom. The van der Waals surface area contributed by atoms with Gasteiger partial charge in [0, 0.05) is 6.04 Å². The highest BCUT2D eigenvalue weighted by Crippen LogP contribution is 2.40. The van der Waals surface area contributed by atoms with E-state index in [0.29, 0.717) is 5.92 Å². The molecule has 1 fully saturated rings. The maximum Gasteiger partial charge on any atom is 0.408 e. The number of benzene rings is 1. The van der Waals surface area contributed by atoms with Gasteiger partial charge in [-0.3, -0.25) is 0 Å². The second-order valence-electron chi connectivity index (χ2n) is 5.91. The largest absolute Gasteiger partial charge is 0.408 e. The molecule has 1 aromatic carbocycles. The van der Waals surface area contributed by atoms with Gasteiger partial charge < -0.3 is 5.32 Å². The smallest absolute Gasteiger partial charge is 0.303 e. The van der Waals surface area contributed by atoms with Crippen molar-refractivity contribution in [3.8, 4) is 0 Å². The molecule has 5 nitrogen and oxygen atoms in total. The lowest BCUT2D eigenvalue weighted by molar-refractivity contribution is -0.143. The number of hydrogen-bond acceptors (Lipinski definition) is 4. The Hall–Kier alpha value is -1.96. The second-order valence-corrected chi connectivity index (χ2v) is 5.91. The summed E-state index contributed by atoms with van der Waals surface area (Å²) in [6.45, 7) is 0.977. The summed E-state index contributed by atoms with van der Waals surface area (Å²) >= 11 is 0. The topological polar surface area (TPSA) is 55.6 Å². The van der Waals surface area contributed by atoms with Crippen LogP contribution in [0.2, 0.25) is 0 Å². The predicted molar refractivity (Wildman–Crippen MR) is 77.5 cm³/mol. The van der Waals surface area contributed by atoms with Crippen molar-refractivity contribution in [2.45, 2.75) is 51.0 Å². The van der Waals surface area contributed by atoms with Crippen LogP contribution >= 0.6 is 0 Å². The number of rotatable bonds is 6. The molecule has 0 saturated heterocycles. The fourth-order valence-corrected chi connectivity index (χ4v) is 2.50. The minimum Gasteiger partial charge on any atom is -0.303 e. The Kier molecular flexibility index (Phi) is 4.34. The van der Waals surface area contributed by atoms with Crippen molar-refractivity contribution in [3.63, 3.8) is 0 Å². The van der Waals surface area contributed by atoms with Gasteiger partial charge in [0.1, 0.15) is 6.54 Å². The molecule has 0 unspecified atom stereocenters. The summed E-state index contributed by atoms with van der Waals surface area (Å²) in [5.74, 6) is 0.841. The van der Waals surface area contributed by atoms with E-state index in [4.69, 9.17) is 0 Å². The van der Waals surface area contributed by atoms with Crippen LogP contribution in [-0.4, -0.2) is 26.4 Å². The van der Waals surface area contributed by atoms with Crippen LogP contribution in [0.1, 0.15) is 48.7 Å². The summed E-state index contributed by atoms with van der Waals surface area (Å²) in [4.78, 5) is 0. The Morgan fingerprint density at radius 3 is 2.83 bits per heavy atom. The maximum absolute atomic E-state index is 12.5. The van der Waals surface area contributed by atoms with Gasteiger partial charge in [0.05, 0.1) is 6.54 Å². The molecule has 1 N–H and O–H groups in total. The molecule has 124 valence electrons. The Labute approximate surface area is 131 Å². The molecule has 1 aromatic heterocycles. The first-order valence-corrected chi connectivity index (χ1v) is 7.57. The molecule has 1 atom stereocenters. The maximum atomic E-state index is 12.5. The van der Waals surface area contributed by atoms with Crippen LogP contribution in [0.15, 0.2) is 24.3 Å². The van der Waals surface area contributed by atoms with E-state index in [1.54, 1.807) is 0 Å². The van der Waals surface area contributed by atoms with Crippen LogP contribution < -0.4 is 5.32 Å². The van der Waals surface area contributed by atoms with Gasteiger partial charge in [0.25, 0.3) is 0 Å². The van der Waals surface area contributed by atoms with Gasteiger partial charge in [-0.1, -0.05) is 24.3 Å². The lowest BCUT2D eigenvalue weighted by Crippen LogP contribution is -2.25. The molecular formula is C15H18F3N5. The van der Waals surface area contributed by atoms with E-state index < -0.39 is 12.7 Å². The molecule has 0 aliphatic heterocycles. The van der Waals surface area contributed by atoms with Gasteiger partial charge in [-0.15, -0.1) is 5.10 Å². The quantitative estimate of drug-likeness (QED) is 0.887. The first-order chi connectivity index (χ1) is 10.9. The lowest BCUT2D eigenvalue weighted by Gasteiger charge is -2.15. The monoisotopic (exact) mass is 325 g/mol. The Bertz CT molecular complexity index is 663. The Morgan fingerprint density at radius 2 is 2.13 bits per heavy atom. The van der Waals surface area contributed by atoms with E-state index in [9.17, 15) is 13.2 Å². The van der Waals surface area contributed by atoms with E-state index in [1.165, 1.54) is 18.4 Å². The van der Waals surface area contributed by atoms with Crippen LogP contribution in [0.3, 0.4) is 0 Å². The van der Waals surface area contributed by atoms with Crippen molar-refractivity contribution >= 4 is 0 Å². The van der Waals surface area contributed by atoms with Crippen LogP contribution in [0.4, 0.5) is 13.2 Å². The molecule has 3 rings (SSSR count). The molecule has 1 aliphatic carbocycles. The molecule has 2 aromatic rings. The zero-order chi connectivity index (χ0) is 16.4. The lowest BCUT2D eigenvalue weighted by atomic mass is 10.0. The molecule has 0 bridgehead atoms. The number of hydrogen-bond donors (Lipinski definition) is 1. The molecule has 23 heavy (non-hydrogen) atoms. The number of aromatic nitrogens is 4. The van der Waals surface area contributed by atoms with Gasteiger partial charge in [0.2, 0.25) is 0 Å². The fourth-order valence-electron chi connectivity index (χ4n) is 2.50. The summed E-state index contributed by atoms with van der Waals surface area (Å²) in [7, 11) is 0. The highest BCUT2D eigenvalue weighted by Gasteiger charge is 2.30. The van der Waals surface area contributed by atoms with Crippen LogP contribution in [0, 0.1) is 0 Å². The molecule has 0 spiro atoms. The van der Waals surface area contributed by atoms with E-state index in [2.05, 4.69) is 33.0 Å². The summed E-state index contributed by atoms with van der Waals surface area (Å²) in [6.07, 6.45) is -1.87. The highest BCUT2D eigenvalue weighted by atomic mass is 19.4. The molecule has 0 radical (unpaired) electrons. The number of tetrazole rings is 1. The van der Waals surface area contributed by atoms with Gasteiger partial charge in [-0.05, 0) is 47.2 Å².